The molecule has 0 saturated carbocycles. The Morgan fingerprint density at radius 3 is 2.00 bits per heavy atom. The van der Waals surface area contributed by atoms with Crippen molar-refractivity contribution < 1.29 is 4.74 Å². The van der Waals surface area contributed by atoms with Gasteiger partial charge in [-0.3, -0.25) is 0 Å². The first-order valence-corrected chi connectivity index (χ1v) is 4.61. The molecule has 0 spiro atoms. The van der Waals surface area contributed by atoms with Crippen molar-refractivity contribution in [3.63, 3.8) is 0 Å². The summed E-state index contributed by atoms with van der Waals surface area (Å²) in [7, 11) is 0. The van der Waals surface area contributed by atoms with Gasteiger partial charge in [0.2, 0.25) is 0 Å². The summed E-state index contributed by atoms with van der Waals surface area (Å²) in [4.78, 5) is 0. The van der Waals surface area contributed by atoms with Crippen LogP contribution in [0.5, 0.6) is 0 Å². The van der Waals surface area contributed by atoms with E-state index in [0.717, 1.165) is 37.7 Å². The second-order valence-electron chi connectivity index (χ2n) is 3.01. The predicted molar refractivity (Wildman–Crippen MR) is 54.2 cm³/mol. The van der Waals surface area contributed by atoms with Crippen molar-refractivity contribution in [3.05, 3.63) is 24.3 Å². The minimum atomic E-state index is 0.774. The third-order valence-electron chi connectivity index (χ3n) is 2.05. The van der Waals surface area contributed by atoms with E-state index >= 15 is 0 Å². The Hall–Kier alpha value is -1.22. The van der Waals surface area contributed by atoms with E-state index in [2.05, 4.69) is 22.8 Å². The quantitative estimate of drug-likeness (QED) is 0.632. The average molecular weight is 178 g/mol. The van der Waals surface area contributed by atoms with Gasteiger partial charge in [-0.1, -0.05) is 12.1 Å². The Bertz CT molecular complexity index is 248. The molecule has 1 aromatic carbocycles. The van der Waals surface area contributed by atoms with Gasteiger partial charge in [-0.15, -0.1) is 0 Å². The van der Waals surface area contributed by atoms with Gasteiger partial charge in [0, 0.05) is 13.1 Å². The SMILES string of the molecule is c1ccc2c(c1)NCCOCCN2. The van der Waals surface area contributed by atoms with E-state index in [9.17, 15) is 0 Å². The van der Waals surface area contributed by atoms with Crippen molar-refractivity contribution in [2.45, 2.75) is 0 Å². The first kappa shape index (κ1) is 8.38. The van der Waals surface area contributed by atoms with E-state index in [1.54, 1.807) is 0 Å². The lowest BCUT2D eigenvalue weighted by molar-refractivity contribution is 0.155. The maximum Gasteiger partial charge on any atom is 0.0639 e. The molecule has 2 rings (SSSR count). The van der Waals surface area contributed by atoms with Gasteiger partial charge in [-0.2, -0.15) is 0 Å². The number of hydrogen-bond acceptors (Lipinski definition) is 3. The Kier molecular flexibility index (Phi) is 2.67. The van der Waals surface area contributed by atoms with E-state index in [1.807, 2.05) is 12.1 Å². The second kappa shape index (κ2) is 4.14. The van der Waals surface area contributed by atoms with Gasteiger partial charge in [0.05, 0.1) is 24.6 Å². The molecule has 0 radical (unpaired) electrons. The number of nitrogens with one attached hydrogen (secondary N) is 2. The maximum atomic E-state index is 5.36. The molecular formula is C10H14N2O. The molecule has 1 aliphatic rings. The van der Waals surface area contributed by atoms with Crippen molar-refractivity contribution in [1.82, 2.24) is 0 Å². The highest BCUT2D eigenvalue weighted by Gasteiger charge is 2.02. The highest BCUT2D eigenvalue weighted by Crippen LogP contribution is 2.20. The van der Waals surface area contributed by atoms with Crippen LogP contribution >= 0.6 is 0 Å². The molecule has 0 aliphatic carbocycles. The number of fused-ring (bicyclic) bond motifs is 1. The summed E-state index contributed by atoms with van der Waals surface area (Å²) in [6, 6.07) is 8.22. The van der Waals surface area contributed by atoms with Crippen molar-refractivity contribution in [3.8, 4) is 0 Å². The van der Waals surface area contributed by atoms with E-state index in [0.29, 0.717) is 0 Å². The van der Waals surface area contributed by atoms with Gasteiger partial charge in [0.15, 0.2) is 0 Å². The van der Waals surface area contributed by atoms with E-state index in [-0.39, 0.29) is 0 Å². The van der Waals surface area contributed by atoms with Crippen molar-refractivity contribution in [2.24, 2.45) is 0 Å². The van der Waals surface area contributed by atoms with Crippen LogP contribution in [0.1, 0.15) is 0 Å². The van der Waals surface area contributed by atoms with Crippen LogP contribution < -0.4 is 10.6 Å². The number of anilines is 2. The number of ether oxygens (including phenoxy) is 1. The Morgan fingerprint density at radius 2 is 1.46 bits per heavy atom. The molecule has 0 atom stereocenters. The van der Waals surface area contributed by atoms with Crippen molar-refractivity contribution >= 4 is 11.4 Å². The molecule has 13 heavy (non-hydrogen) atoms. The van der Waals surface area contributed by atoms with Crippen LogP contribution in [0.4, 0.5) is 11.4 Å². The van der Waals surface area contributed by atoms with Crippen LogP contribution in [-0.2, 0) is 4.74 Å². The molecule has 3 heteroatoms. The predicted octanol–water partition coefficient (Wildman–Crippen LogP) is 1.54. The first-order chi connectivity index (χ1) is 6.47. The topological polar surface area (TPSA) is 33.3 Å². The molecule has 70 valence electrons. The zero-order valence-electron chi connectivity index (χ0n) is 7.55. The van der Waals surface area contributed by atoms with Crippen molar-refractivity contribution in [1.29, 1.82) is 0 Å². The highest BCUT2D eigenvalue weighted by molar-refractivity contribution is 5.68. The van der Waals surface area contributed by atoms with Crippen LogP contribution in [0.3, 0.4) is 0 Å². The highest BCUT2D eigenvalue weighted by atomic mass is 16.5. The fourth-order valence-corrected chi connectivity index (χ4v) is 1.41. The number of benzene rings is 1. The van der Waals surface area contributed by atoms with Crippen LogP contribution in [0.25, 0.3) is 0 Å². The summed E-state index contributed by atoms with van der Waals surface area (Å²) < 4.78 is 5.36. The van der Waals surface area contributed by atoms with Gasteiger partial charge in [-0.05, 0) is 12.1 Å². The van der Waals surface area contributed by atoms with Crippen LogP contribution in [-0.4, -0.2) is 26.3 Å². The molecule has 0 unspecified atom stereocenters. The molecule has 0 saturated heterocycles. The standard InChI is InChI=1S/C10H14N2O/c1-2-4-10-9(3-1)11-5-7-13-8-6-12-10/h1-4,11-12H,5-8H2. The van der Waals surface area contributed by atoms with Gasteiger partial charge in [-0.25, -0.2) is 0 Å². The lowest BCUT2D eigenvalue weighted by atomic mass is 10.2. The molecule has 2 N–H and O–H groups in total. The molecule has 3 nitrogen and oxygen atoms in total. The number of hydrogen-bond donors (Lipinski definition) is 2. The molecule has 1 aliphatic heterocycles. The summed E-state index contributed by atoms with van der Waals surface area (Å²) in [6.07, 6.45) is 0. The van der Waals surface area contributed by atoms with Gasteiger partial charge in [0.25, 0.3) is 0 Å². The molecule has 0 aromatic heterocycles. The Labute approximate surface area is 78.1 Å². The summed E-state index contributed by atoms with van der Waals surface area (Å²) in [6.45, 7) is 3.30. The smallest absolute Gasteiger partial charge is 0.0639 e. The van der Waals surface area contributed by atoms with Crippen molar-refractivity contribution in [2.75, 3.05) is 36.9 Å². The fourth-order valence-electron chi connectivity index (χ4n) is 1.41. The van der Waals surface area contributed by atoms with Gasteiger partial charge < -0.3 is 15.4 Å². The normalized spacial score (nSPS) is 16.9. The first-order valence-electron chi connectivity index (χ1n) is 4.61. The number of rotatable bonds is 0. The molecular weight excluding hydrogens is 164 g/mol. The lowest BCUT2D eigenvalue weighted by Gasteiger charge is -2.09. The number of para-hydroxylation sites is 2. The monoisotopic (exact) mass is 178 g/mol. The Balaban J connectivity index is 2.17. The zero-order valence-corrected chi connectivity index (χ0v) is 7.55. The molecule has 0 amide bonds. The fraction of sp³-hybridized carbons (Fsp3) is 0.400. The van der Waals surface area contributed by atoms with Crippen LogP contribution in [0.15, 0.2) is 24.3 Å². The molecule has 1 heterocycles. The summed E-state index contributed by atoms with van der Waals surface area (Å²) in [5.41, 5.74) is 2.32. The third kappa shape index (κ3) is 2.12. The maximum absolute atomic E-state index is 5.36. The minimum Gasteiger partial charge on any atom is -0.381 e. The zero-order chi connectivity index (χ0) is 8.93. The van der Waals surface area contributed by atoms with Gasteiger partial charge in [0.1, 0.15) is 0 Å². The van der Waals surface area contributed by atoms with Crippen LogP contribution in [0.2, 0.25) is 0 Å². The second-order valence-corrected chi connectivity index (χ2v) is 3.01. The van der Waals surface area contributed by atoms with E-state index in [1.165, 1.54) is 0 Å². The molecule has 1 aromatic rings. The molecule has 0 bridgehead atoms. The van der Waals surface area contributed by atoms with E-state index in [4.69, 9.17) is 4.74 Å². The van der Waals surface area contributed by atoms with Crippen LogP contribution in [0, 0.1) is 0 Å². The Morgan fingerprint density at radius 1 is 0.923 bits per heavy atom. The largest absolute Gasteiger partial charge is 0.381 e. The lowest BCUT2D eigenvalue weighted by Crippen LogP contribution is -2.10. The average Bonchev–Trinajstić information content (AvgIpc) is 2.28. The molecule has 0 fully saturated rings. The third-order valence-corrected chi connectivity index (χ3v) is 2.05. The summed E-state index contributed by atoms with van der Waals surface area (Å²) in [5.74, 6) is 0. The summed E-state index contributed by atoms with van der Waals surface area (Å²) >= 11 is 0. The van der Waals surface area contributed by atoms with Gasteiger partial charge >= 0.3 is 0 Å². The minimum absolute atomic E-state index is 0.774. The van der Waals surface area contributed by atoms with E-state index < -0.39 is 0 Å². The summed E-state index contributed by atoms with van der Waals surface area (Å²) in [5, 5.41) is 6.64.